The molecule has 1 amide bonds. The number of nitrogens with one attached hydrogen (secondary N) is 1. The second kappa shape index (κ2) is 6.34. The molecule has 1 saturated heterocycles. The Balaban J connectivity index is 2.17. The molecular weight excluding hydrogens is 288 g/mol. The van der Waals surface area contributed by atoms with Gasteiger partial charge in [-0.25, -0.2) is 0 Å². The Bertz CT molecular complexity index is 504. The van der Waals surface area contributed by atoms with Crippen LogP contribution in [-0.4, -0.2) is 25.2 Å². The molecule has 21 heavy (non-hydrogen) atoms. The summed E-state index contributed by atoms with van der Waals surface area (Å²) < 4.78 is 5.35. The number of benzene rings is 1. The van der Waals surface area contributed by atoms with Crippen molar-refractivity contribution in [2.24, 2.45) is 17.1 Å². The molecule has 5 heteroatoms. The summed E-state index contributed by atoms with van der Waals surface area (Å²) in [6.07, 6.45) is 0. The van der Waals surface area contributed by atoms with Gasteiger partial charge in [0.2, 0.25) is 5.91 Å². The van der Waals surface area contributed by atoms with Crippen LogP contribution in [-0.2, 0) is 9.53 Å². The normalized spacial score (nSPS) is 26.9. The van der Waals surface area contributed by atoms with Crippen molar-refractivity contribution in [1.29, 1.82) is 0 Å². The molecule has 0 bridgehead atoms. The predicted octanol–water partition coefficient (Wildman–Crippen LogP) is 2.52. The molecule has 1 fully saturated rings. The highest BCUT2D eigenvalue weighted by Gasteiger charge is 2.45. The van der Waals surface area contributed by atoms with Crippen molar-refractivity contribution in [3.05, 3.63) is 34.9 Å². The second-order valence-electron chi connectivity index (χ2n) is 6.29. The third kappa shape index (κ3) is 3.39. The Morgan fingerprint density at radius 3 is 2.52 bits per heavy atom. The summed E-state index contributed by atoms with van der Waals surface area (Å²) in [5.41, 5.74) is 6.39. The number of carbonyl (C=O) groups is 1. The maximum Gasteiger partial charge on any atom is 0.230 e. The van der Waals surface area contributed by atoms with Gasteiger partial charge in [0, 0.05) is 11.1 Å². The lowest BCUT2D eigenvalue weighted by Crippen LogP contribution is -2.51. The smallest absolute Gasteiger partial charge is 0.230 e. The van der Waals surface area contributed by atoms with Crippen molar-refractivity contribution >= 4 is 17.5 Å². The fourth-order valence-electron chi connectivity index (χ4n) is 2.53. The number of hydrogen-bond donors (Lipinski definition) is 2. The molecule has 0 spiro atoms. The maximum atomic E-state index is 12.6. The highest BCUT2D eigenvalue weighted by molar-refractivity contribution is 6.30. The van der Waals surface area contributed by atoms with Crippen LogP contribution in [0.1, 0.15) is 32.4 Å². The fraction of sp³-hybridized carbons (Fsp3) is 0.562. The van der Waals surface area contributed by atoms with E-state index < -0.39 is 5.41 Å². The molecule has 1 aliphatic heterocycles. The van der Waals surface area contributed by atoms with E-state index in [-0.39, 0.29) is 23.9 Å². The van der Waals surface area contributed by atoms with E-state index in [1.807, 2.05) is 31.2 Å². The van der Waals surface area contributed by atoms with Crippen LogP contribution in [0.3, 0.4) is 0 Å². The number of hydrogen-bond acceptors (Lipinski definition) is 3. The lowest BCUT2D eigenvalue weighted by molar-refractivity contribution is -0.131. The van der Waals surface area contributed by atoms with E-state index in [1.165, 1.54) is 0 Å². The molecule has 3 atom stereocenters. The van der Waals surface area contributed by atoms with E-state index in [0.717, 1.165) is 5.56 Å². The zero-order valence-corrected chi connectivity index (χ0v) is 13.5. The molecule has 1 aliphatic rings. The van der Waals surface area contributed by atoms with E-state index >= 15 is 0 Å². The molecule has 1 heterocycles. The molecule has 4 nitrogen and oxygen atoms in total. The molecule has 0 aliphatic carbocycles. The van der Waals surface area contributed by atoms with Gasteiger partial charge in [0.05, 0.1) is 24.7 Å². The Morgan fingerprint density at radius 1 is 1.43 bits per heavy atom. The van der Waals surface area contributed by atoms with Gasteiger partial charge < -0.3 is 15.8 Å². The Labute approximate surface area is 131 Å². The Morgan fingerprint density at radius 2 is 2.05 bits per heavy atom. The van der Waals surface area contributed by atoms with E-state index in [4.69, 9.17) is 22.1 Å². The molecule has 0 radical (unpaired) electrons. The lowest BCUT2D eigenvalue weighted by atomic mass is 9.83. The third-order valence-electron chi connectivity index (χ3n) is 4.22. The molecule has 0 saturated carbocycles. The van der Waals surface area contributed by atoms with Crippen molar-refractivity contribution in [2.45, 2.75) is 32.9 Å². The van der Waals surface area contributed by atoms with Crippen molar-refractivity contribution in [2.75, 3.05) is 13.2 Å². The first kappa shape index (κ1) is 16.3. The van der Waals surface area contributed by atoms with Gasteiger partial charge in [-0.2, -0.15) is 0 Å². The number of halogens is 1. The summed E-state index contributed by atoms with van der Waals surface area (Å²) in [5.74, 6) is 0.207. The minimum atomic E-state index is -0.667. The highest BCUT2D eigenvalue weighted by atomic mass is 35.5. The van der Waals surface area contributed by atoms with Crippen molar-refractivity contribution in [3.8, 4) is 0 Å². The fourth-order valence-corrected chi connectivity index (χ4v) is 2.66. The summed E-state index contributed by atoms with van der Waals surface area (Å²) in [7, 11) is 0. The topological polar surface area (TPSA) is 64.3 Å². The van der Waals surface area contributed by atoms with E-state index in [0.29, 0.717) is 18.2 Å². The standard InChI is InChI=1S/C16H23ClN2O2/c1-10(2)14(11-4-6-12(17)7-5-11)19-15(20)16(3)9-21-8-13(16)18/h4-7,10,13-14H,8-9,18H2,1-3H3,(H,19,20). The monoisotopic (exact) mass is 310 g/mol. The van der Waals surface area contributed by atoms with Crippen LogP contribution >= 0.6 is 11.6 Å². The van der Waals surface area contributed by atoms with Gasteiger partial charge in [-0.1, -0.05) is 37.6 Å². The number of carbonyl (C=O) groups excluding carboxylic acids is 1. The van der Waals surface area contributed by atoms with Crippen LogP contribution in [0.2, 0.25) is 5.02 Å². The second-order valence-corrected chi connectivity index (χ2v) is 6.72. The molecule has 1 aromatic rings. The van der Waals surface area contributed by atoms with Gasteiger partial charge in [-0.3, -0.25) is 4.79 Å². The van der Waals surface area contributed by atoms with Crippen LogP contribution in [0.15, 0.2) is 24.3 Å². The van der Waals surface area contributed by atoms with Crippen LogP contribution in [0, 0.1) is 11.3 Å². The summed E-state index contributed by atoms with van der Waals surface area (Å²) in [4.78, 5) is 12.6. The zero-order valence-electron chi connectivity index (χ0n) is 12.7. The summed E-state index contributed by atoms with van der Waals surface area (Å²) in [6.45, 7) is 6.81. The molecule has 116 valence electrons. The molecule has 3 N–H and O–H groups in total. The summed E-state index contributed by atoms with van der Waals surface area (Å²) in [5, 5.41) is 3.81. The number of rotatable bonds is 4. The highest BCUT2D eigenvalue weighted by Crippen LogP contribution is 2.30. The quantitative estimate of drug-likeness (QED) is 0.898. The lowest BCUT2D eigenvalue weighted by Gasteiger charge is -2.30. The average molecular weight is 311 g/mol. The largest absolute Gasteiger partial charge is 0.379 e. The Hall–Kier alpha value is -1.10. The third-order valence-corrected chi connectivity index (χ3v) is 4.47. The SMILES string of the molecule is CC(C)C(NC(=O)C1(C)COCC1N)c1ccc(Cl)cc1. The minimum Gasteiger partial charge on any atom is -0.379 e. The molecule has 1 aromatic carbocycles. The first-order valence-electron chi connectivity index (χ1n) is 7.24. The zero-order chi connectivity index (χ0) is 15.6. The van der Waals surface area contributed by atoms with Crippen molar-refractivity contribution in [1.82, 2.24) is 5.32 Å². The average Bonchev–Trinajstić information content (AvgIpc) is 2.78. The predicted molar refractivity (Wildman–Crippen MR) is 84.1 cm³/mol. The minimum absolute atomic E-state index is 0.0545. The first-order valence-corrected chi connectivity index (χ1v) is 7.62. The first-order chi connectivity index (χ1) is 9.84. The maximum absolute atomic E-state index is 12.6. The number of amides is 1. The van der Waals surface area contributed by atoms with Gasteiger partial charge >= 0.3 is 0 Å². The van der Waals surface area contributed by atoms with E-state index in [1.54, 1.807) is 0 Å². The van der Waals surface area contributed by atoms with Crippen molar-refractivity contribution in [3.63, 3.8) is 0 Å². The molecule has 2 rings (SSSR count). The van der Waals surface area contributed by atoms with E-state index in [9.17, 15) is 4.79 Å². The van der Waals surface area contributed by atoms with Gasteiger partial charge in [-0.15, -0.1) is 0 Å². The van der Waals surface area contributed by atoms with Crippen LogP contribution < -0.4 is 11.1 Å². The molecule has 3 unspecified atom stereocenters. The summed E-state index contributed by atoms with van der Waals surface area (Å²) in [6, 6.07) is 7.23. The van der Waals surface area contributed by atoms with Gasteiger partial charge in [0.1, 0.15) is 0 Å². The van der Waals surface area contributed by atoms with Gasteiger partial charge in [0.15, 0.2) is 0 Å². The van der Waals surface area contributed by atoms with Gasteiger partial charge in [-0.05, 0) is 30.5 Å². The molecular formula is C16H23ClN2O2. The van der Waals surface area contributed by atoms with Gasteiger partial charge in [0.25, 0.3) is 0 Å². The number of nitrogens with two attached hydrogens (primary N) is 1. The van der Waals surface area contributed by atoms with Crippen molar-refractivity contribution < 1.29 is 9.53 Å². The van der Waals surface area contributed by atoms with E-state index in [2.05, 4.69) is 19.2 Å². The summed E-state index contributed by atoms with van der Waals surface area (Å²) >= 11 is 5.93. The number of ether oxygens (including phenoxy) is 1. The van der Waals surface area contributed by atoms with Crippen LogP contribution in [0.4, 0.5) is 0 Å². The molecule has 0 aromatic heterocycles. The Kier molecular flexibility index (Phi) is 4.91. The van der Waals surface area contributed by atoms with Crippen LogP contribution in [0.25, 0.3) is 0 Å². The van der Waals surface area contributed by atoms with Crippen LogP contribution in [0.5, 0.6) is 0 Å².